The van der Waals surface area contributed by atoms with Crippen LogP contribution < -0.4 is 15.0 Å². The van der Waals surface area contributed by atoms with Crippen LogP contribution in [0.4, 0.5) is 11.4 Å². The lowest BCUT2D eigenvalue weighted by atomic mass is 10.1. The minimum Gasteiger partial charge on any atom is -0.494 e. The summed E-state index contributed by atoms with van der Waals surface area (Å²) in [6.45, 7) is 4.34. The molecule has 1 heterocycles. The Morgan fingerprint density at radius 2 is 2.19 bits per heavy atom. The summed E-state index contributed by atoms with van der Waals surface area (Å²) in [6, 6.07) is 5.87. The second kappa shape index (κ2) is 4.04. The van der Waals surface area contributed by atoms with Gasteiger partial charge in [0.2, 0.25) is 5.91 Å². The number of para-hydroxylation sites is 1. The van der Waals surface area contributed by atoms with Crippen LogP contribution in [-0.2, 0) is 4.79 Å². The quantitative estimate of drug-likeness (QED) is 0.827. The van der Waals surface area contributed by atoms with Crippen molar-refractivity contribution in [3.8, 4) is 5.75 Å². The summed E-state index contributed by atoms with van der Waals surface area (Å²) in [5.74, 6) is 0.804. The van der Waals surface area contributed by atoms with E-state index in [0.717, 1.165) is 17.1 Å². The van der Waals surface area contributed by atoms with Crippen LogP contribution in [-0.4, -0.2) is 25.6 Å². The van der Waals surface area contributed by atoms with Crippen molar-refractivity contribution in [1.82, 2.24) is 0 Å². The lowest BCUT2D eigenvalue weighted by Crippen LogP contribution is -2.44. The molecule has 4 heteroatoms. The van der Waals surface area contributed by atoms with Gasteiger partial charge in [0.05, 0.1) is 19.3 Å². The fourth-order valence-corrected chi connectivity index (χ4v) is 2.01. The number of methoxy groups -OCH3 is 1. The Morgan fingerprint density at radius 3 is 2.81 bits per heavy atom. The molecule has 16 heavy (non-hydrogen) atoms. The number of nitrogens with one attached hydrogen (secondary N) is 1. The van der Waals surface area contributed by atoms with Crippen molar-refractivity contribution in [2.75, 3.05) is 23.9 Å². The number of fused-ring (bicyclic) bond motifs is 1. The third kappa shape index (κ3) is 1.60. The molecule has 4 nitrogen and oxygen atoms in total. The zero-order valence-corrected chi connectivity index (χ0v) is 9.78. The van der Waals surface area contributed by atoms with Gasteiger partial charge in [-0.1, -0.05) is 6.07 Å². The van der Waals surface area contributed by atoms with E-state index in [4.69, 9.17) is 4.74 Å². The number of amides is 1. The first kappa shape index (κ1) is 10.8. The van der Waals surface area contributed by atoms with Crippen LogP contribution in [0.5, 0.6) is 5.75 Å². The van der Waals surface area contributed by atoms with Crippen molar-refractivity contribution in [3.63, 3.8) is 0 Å². The minimum atomic E-state index is 0.0759. The molecular weight excluding hydrogens is 204 g/mol. The SMILES string of the molecule is COc1cccc2c1N(C(C)C)C(=O)CN2. The summed E-state index contributed by atoms with van der Waals surface area (Å²) >= 11 is 0. The van der Waals surface area contributed by atoms with Gasteiger partial charge in [-0.3, -0.25) is 4.79 Å². The molecule has 0 spiro atoms. The third-order valence-corrected chi connectivity index (χ3v) is 2.67. The van der Waals surface area contributed by atoms with Crippen LogP contribution in [0.25, 0.3) is 0 Å². The Balaban J connectivity index is 2.56. The van der Waals surface area contributed by atoms with E-state index in [-0.39, 0.29) is 11.9 Å². The van der Waals surface area contributed by atoms with E-state index in [1.165, 1.54) is 0 Å². The maximum absolute atomic E-state index is 11.9. The van der Waals surface area contributed by atoms with Gasteiger partial charge >= 0.3 is 0 Å². The number of carbonyl (C=O) groups is 1. The smallest absolute Gasteiger partial charge is 0.246 e. The molecule has 1 aliphatic rings. The van der Waals surface area contributed by atoms with Crippen LogP contribution >= 0.6 is 0 Å². The molecule has 0 aliphatic carbocycles. The highest BCUT2D eigenvalue weighted by molar-refractivity contribution is 6.04. The Morgan fingerprint density at radius 1 is 1.44 bits per heavy atom. The Hall–Kier alpha value is -1.71. The highest BCUT2D eigenvalue weighted by atomic mass is 16.5. The van der Waals surface area contributed by atoms with Crippen LogP contribution in [0.3, 0.4) is 0 Å². The number of carbonyl (C=O) groups excluding carboxylic acids is 1. The molecule has 0 bridgehead atoms. The molecule has 0 atom stereocenters. The Bertz CT molecular complexity index is 401. The predicted molar refractivity (Wildman–Crippen MR) is 64.1 cm³/mol. The van der Waals surface area contributed by atoms with Gasteiger partial charge in [-0.15, -0.1) is 0 Å². The maximum atomic E-state index is 11.9. The van der Waals surface area contributed by atoms with Crippen LogP contribution in [0.2, 0.25) is 0 Å². The van der Waals surface area contributed by atoms with Crippen LogP contribution in [0.1, 0.15) is 13.8 Å². The summed E-state index contributed by atoms with van der Waals surface area (Å²) in [5, 5.41) is 3.10. The van der Waals surface area contributed by atoms with Crippen LogP contribution in [0.15, 0.2) is 18.2 Å². The van der Waals surface area contributed by atoms with Crippen molar-refractivity contribution in [3.05, 3.63) is 18.2 Å². The molecule has 0 fully saturated rings. The van der Waals surface area contributed by atoms with Crippen molar-refractivity contribution < 1.29 is 9.53 Å². The maximum Gasteiger partial charge on any atom is 0.246 e. The van der Waals surface area contributed by atoms with E-state index in [1.807, 2.05) is 32.0 Å². The first-order valence-electron chi connectivity index (χ1n) is 5.38. The summed E-state index contributed by atoms with van der Waals surface area (Å²) in [6.07, 6.45) is 0. The molecule has 86 valence electrons. The lowest BCUT2D eigenvalue weighted by Gasteiger charge is -2.34. The second-order valence-corrected chi connectivity index (χ2v) is 4.07. The Labute approximate surface area is 95.2 Å². The summed E-state index contributed by atoms with van der Waals surface area (Å²) in [4.78, 5) is 13.7. The largest absolute Gasteiger partial charge is 0.494 e. The summed E-state index contributed by atoms with van der Waals surface area (Å²) in [7, 11) is 1.62. The normalized spacial score (nSPS) is 14.8. The number of ether oxygens (including phenoxy) is 1. The van der Waals surface area contributed by atoms with Gasteiger partial charge < -0.3 is 15.0 Å². The molecule has 0 unspecified atom stereocenters. The average Bonchev–Trinajstić information content (AvgIpc) is 2.27. The van der Waals surface area contributed by atoms with E-state index in [2.05, 4.69) is 5.32 Å². The van der Waals surface area contributed by atoms with Gasteiger partial charge in [-0.05, 0) is 26.0 Å². The topological polar surface area (TPSA) is 41.6 Å². The molecule has 1 aliphatic heterocycles. The molecule has 1 aromatic carbocycles. The van der Waals surface area contributed by atoms with Gasteiger partial charge in [0.1, 0.15) is 11.4 Å². The van der Waals surface area contributed by atoms with E-state index >= 15 is 0 Å². The monoisotopic (exact) mass is 220 g/mol. The summed E-state index contributed by atoms with van der Waals surface area (Å²) in [5.41, 5.74) is 1.80. The van der Waals surface area contributed by atoms with Gasteiger partial charge in [0.25, 0.3) is 0 Å². The molecule has 0 radical (unpaired) electrons. The van der Waals surface area contributed by atoms with E-state index in [1.54, 1.807) is 12.0 Å². The third-order valence-electron chi connectivity index (χ3n) is 2.67. The number of benzene rings is 1. The molecule has 1 aromatic rings. The van der Waals surface area contributed by atoms with E-state index in [0.29, 0.717) is 6.54 Å². The Kier molecular flexibility index (Phi) is 2.73. The zero-order chi connectivity index (χ0) is 11.7. The number of hydrogen-bond donors (Lipinski definition) is 1. The number of anilines is 2. The fraction of sp³-hybridized carbons (Fsp3) is 0.417. The van der Waals surface area contributed by atoms with Gasteiger partial charge in [-0.2, -0.15) is 0 Å². The molecule has 1 N–H and O–H groups in total. The summed E-state index contributed by atoms with van der Waals surface area (Å²) < 4.78 is 5.31. The number of nitrogens with zero attached hydrogens (tertiary/aromatic N) is 1. The molecule has 2 rings (SSSR count). The van der Waals surface area contributed by atoms with Gasteiger partial charge in [0.15, 0.2) is 0 Å². The van der Waals surface area contributed by atoms with Gasteiger partial charge in [-0.25, -0.2) is 0 Å². The molecule has 0 saturated heterocycles. The van der Waals surface area contributed by atoms with Crippen molar-refractivity contribution >= 4 is 17.3 Å². The highest BCUT2D eigenvalue weighted by Gasteiger charge is 2.28. The number of rotatable bonds is 2. The fourth-order valence-electron chi connectivity index (χ4n) is 2.01. The predicted octanol–water partition coefficient (Wildman–Crippen LogP) is 1.86. The molecular formula is C12H16N2O2. The lowest BCUT2D eigenvalue weighted by molar-refractivity contribution is -0.117. The molecule has 0 aromatic heterocycles. The van der Waals surface area contributed by atoms with Crippen molar-refractivity contribution in [2.45, 2.75) is 19.9 Å². The van der Waals surface area contributed by atoms with Gasteiger partial charge in [0, 0.05) is 6.04 Å². The average molecular weight is 220 g/mol. The zero-order valence-electron chi connectivity index (χ0n) is 9.78. The standard InChI is InChI=1S/C12H16N2O2/c1-8(2)14-11(15)7-13-9-5-4-6-10(16-3)12(9)14/h4-6,8,13H,7H2,1-3H3. The van der Waals surface area contributed by atoms with E-state index < -0.39 is 0 Å². The first-order chi connectivity index (χ1) is 7.65. The minimum absolute atomic E-state index is 0.0759. The number of hydrogen-bond acceptors (Lipinski definition) is 3. The van der Waals surface area contributed by atoms with E-state index in [9.17, 15) is 4.79 Å². The van der Waals surface area contributed by atoms with Crippen molar-refractivity contribution in [2.24, 2.45) is 0 Å². The molecule has 1 amide bonds. The first-order valence-corrected chi connectivity index (χ1v) is 5.38. The highest BCUT2D eigenvalue weighted by Crippen LogP contribution is 2.39. The van der Waals surface area contributed by atoms with Crippen molar-refractivity contribution in [1.29, 1.82) is 0 Å². The second-order valence-electron chi connectivity index (χ2n) is 4.07. The van der Waals surface area contributed by atoms with Crippen LogP contribution in [0, 0.1) is 0 Å². The molecule has 0 saturated carbocycles.